The number of likely N-dealkylation sites (tertiary alicyclic amines) is 1. The molecule has 7 nitrogen and oxygen atoms in total. The summed E-state index contributed by atoms with van der Waals surface area (Å²) in [6.45, 7) is 7.69. The van der Waals surface area contributed by atoms with Crippen LogP contribution in [0.3, 0.4) is 0 Å². The van der Waals surface area contributed by atoms with E-state index in [1.807, 2.05) is 12.1 Å². The highest BCUT2D eigenvalue weighted by Crippen LogP contribution is 2.12. The normalized spacial score (nSPS) is 16.2. The predicted octanol–water partition coefficient (Wildman–Crippen LogP) is 2.31. The Kier molecular flexibility index (Phi) is 12.8. The lowest BCUT2D eigenvalue weighted by Crippen LogP contribution is -2.49. The fraction of sp³-hybridized carbons (Fsp3) is 0.667. The van der Waals surface area contributed by atoms with Crippen molar-refractivity contribution in [2.45, 2.75) is 43.5 Å². The number of rotatable bonds is 10. The van der Waals surface area contributed by atoms with Crippen LogP contribution in [0.2, 0.25) is 0 Å². The Balaban J connectivity index is 0.00000450. The lowest BCUT2D eigenvalue weighted by molar-refractivity contribution is 0.155. The van der Waals surface area contributed by atoms with Gasteiger partial charge in [0.05, 0.1) is 4.90 Å². The quantitative estimate of drug-likeness (QED) is 0.201. The van der Waals surface area contributed by atoms with Crippen molar-refractivity contribution in [3.05, 3.63) is 29.8 Å². The molecule has 1 aliphatic rings. The second-order valence-electron chi connectivity index (χ2n) is 7.53. The summed E-state index contributed by atoms with van der Waals surface area (Å²) >= 11 is 0. The molecule has 1 aromatic rings. The van der Waals surface area contributed by atoms with Gasteiger partial charge in [-0.2, -0.15) is 0 Å². The Morgan fingerprint density at radius 2 is 1.90 bits per heavy atom. The van der Waals surface area contributed by atoms with Crippen LogP contribution in [-0.4, -0.2) is 78.0 Å². The fourth-order valence-electron chi connectivity index (χ4n) is 3.45. The van der Waals surface area contributed by atoms with E-state index in [9.17, 15) is 8.42 Å². The van der Waals surface area contributed by atoms with Crippen LogP contribution in [0.5, 0.6) is 0 Å². The Morgan fingerprint density at radius 3 is 2.47 bits per heavy atom. The molecule has 0 amide bonds. The van der Waals surface area contributed by atoms with Crippen molar-refractivity contribution in [2.75, 3.05) is 52.7 Å². The third-order valence-electron chi connectivity index (χ3n) is 5.12. The van der Waals surface area contributed by atoms with Gasteiger partial charge in [-0.25, -0.2) is 8.42 Å². The van der Waals surface area contributed by atoms with E-state index in [0.29, 0.717) is 17.5 Å². The molecule has 1 aromatic carbocycles. The molecule has 172 valence electrons. The molecule has 0 aromatic heterocycles. The van der Waals surface area contributed by atoms with Gasteiger partial charge in [0.1, 0.15) is 0 Å². The number of ether oxygens (including phenoxy) is 1. The van der Waals surface area contributed by atoms with Gasteiger partial charge in [0.15, 0.2) is 15.8 Å². The standard InChI is InChI=1S/C21H36N4O3S.HI/c1-4-22-21(24-19-11-15-25(16-12-19)14-5-17-28-2)23-13-10-18-6-8-20(9-7-18)29(3,26)27;/h6-9,19H,4-5,10-17H2,1-3H3,(H2,22,23,24);1H. The molecule has 0 aliphatic carbocycles. The molecule has 0 unspecified atom stereocenters. The largest absolute Gasteiger partial charge is 0.385 e. The number of nitrogens with one attached hydrogen (secondary N) is 2. The number of methoxy groups -OCH3 is 1. The van der Waals surface area contributed by atoms with Crippen LogP contribution in [0.4, 0.5) is 0 Å². The molecule has 0 spiro atoms. The zero-order valence-corrected chi connectivity index (χ0v) is 21.5. The number of piperidine rings is 1. The predicted molar refractivity (Wildman–Crippen MR) is 134 cm³/mol. The molecule has 0 atom stereocenters. The number of sulfone groups is 1. The van der Waals surface area contributed by atoms with Crippen LogP contribution in [-0.2, 0) is 21.0 Å². The number of halogens is 1. The lowest BCUT2D eigenvalue weighted by atomic mass is 10.1. The van der Waals surface area contributed by atoms with Gasteiger partial charge in [0.25, 0.3) is 0 Å². The molecule has 30 heavy (non-hydrogen) atoms. The molecule has 1 heterocycles. The summed E-state index contributed by atoms with van der Waals surface area (Å²) in [5.41, 5.74) is 1.08. The SMILES string of the molecule is CCNC(=NCCc1ccc(S(C)(=O)=O)cc1)NC1CCN(CCCOC)CC1.I. The number of aliphatic imine (C=N–C) groups is 1. The van der Waals surface area contributed by atoms with Crippen molar-refractivity contribution in [3.8, 4) is 0 Å². The molecule has 2 N–H and O–H groups in total. The summed E-state index contributed by atoms with van der Waals surface area (Å²) in [6, 6.07) is 7.51. The lowest BCUT2D eigenvalue weighted by Gasteiger charge is -2.33. The third kappa shape index (κ3) is 9.93. The molecule has 1 aliphatic heterocycles. The molecule has 2 rings (SSSR count). The highest BCUT2D eigenvalue weighted by Gasteiger charge is 2.19. The van der Waals surface area contributed by atoms with Gasteiger partial charge in [0.2, 0.25) is 0 Å². The number of benzene rings is 1. The van der Waals surface area contributed by atoms with Gasteiger partial charge in [-0.1, -0.05) is 12.1 Å². The van der Waals surface area contributed by atoms with E-state index in [1.165, 1.54) is 6.26 Å². The average Bonchev–Trinajstić information content (AvgIpc) is 2.69. The molecule has 9 heteroatoms. The summed E-state index contributed by atoms with van der Waals surface area (Å²) in [5.74, 6) is 0.859. The van der Waals surface area contributed by atoms with Crippen LogP contribution in [0.25, 0.3) is 0 Å². The molecular weight excluding hydrogens is 515 g/mol. The molecule has 0 bridgehead atoms. The topological polar surface area (TPSA) is 83.0 Å². The first-order chi connectivity index (χ1) is 13.9. The van der Waals surface area contributed by atoms with Gasteiger partial charge in [0, 0.05) is 58.7 Å². The van der Waals surface area contributed by atoms with E-state index in [1.54, 1.807) is 19.2 Å². The van der Waals surface area contributed by atoms with Crippen LogP contribution >= 0.6 is 24.0 Å². The van der Waals surface area contributed by atoms with Gasteiger partial charge < -0.3 is 20.3 Å². The maximum absolute atomic E-state index is 11.5. The molecule has 1 fully saturated rings. The van der Waals surface area contributed by atoms with Gasteiger partial charge >= 0.3 is 0 Å². The van der Waals surface area contributed by atoms with Crippen molar-refractivity contribution in [3.63, 3.8) is 0 Å². The van der Waals surface area contributed by atoms with Crippen molar-refractivity contribution in [2.24, 2.45) is 4.99 Å². The van der Waals surface area contributed by atoms with E-state index in [0.717, 1.165) is 70.0 Å². The monoisotopic (exact) mass is 552 g/mol. The molecule has 0 radical (unpaired) electrons. The van der Waals surface area contributed by atoms with Gasteiger partial charge in [-0.05, 0) is 50.3 Å². The first-order valence-electron chi connectivity index (χ1n) is 10.5. The summed E-state index contributed by atoms with van der Waals surface area (Å²) < 4.78 is 28.2. The first kappa shape index (κ1) is 27.1. The van der Waals surface area contributed by atoms with Gasteiger partial charge in [-0.3, -0.25) is 4.99 Å². The Bertz CT molecular complexity index is 733. The Morgan fingerprint density at radius 1 is 1.23 bits per heavy atom. The van der Waals surface area contributed by atoms with Crippen LogP contribution < -0.4 is 10.6 Å². The highest BCUT2D eigenvalue weighted by molar-refractivity contribution is 14.0. The zero-order chi connectivity index (χ0) is 21.1. The number of guanidine groups is 1. The van der Waals surface area contributed by atoms with Crippen molar-refractivity contribution in [1.82, 2.24) is 15.5 Å². The number of hydrogen-bond acceptors (Lipinski definition) is 5. The molecular formula is C21H37IN4O3S. The zero-order valence-electron chi connectivity index (χ0n) is 18.4. The summed E-state index contributed by atoms with van der Waals surface area (Å²) in [4.78, 5) is 7.56. The maximum atomic E-state index is 11.5. The molecule has 0 saturated carbocycles. The Hall–Kier alpha value is -0.910. The van der Waals surface area contributed by atoms with Crippen LogP contribution in [0, 0.1) is 0 Å². The second-order valence-corrected chi connectivity index (χ2v) is 9.55. The number of hydrogen-bond donors (Lipinski definition) is 2. The minimum atomic E-state index is -3.15. The van der Waals surface area contributed by atoms with Crippen molar-refractivity contribution >= 4 is 39.8 Å². The summed E-state index contributed by atoms with van der Waals surface area (Å²) in [5, 5.41) is 6.90. The third-order valence-corrected chi connectivity index (χ3v) is 6.25. The van der Waals surface area contributed by atoms with E-state index in [4.69, 9.17) is 9.73 Å². The molecule has 1 saturated heterocycles. The van der Waals surface area contributed by atoms with Crippen LogP contribution in [0.15, 0.2) is 34.2 Å². The Labute approximate surface area is 199 Å². The van der Waals surface area contributed by atoms with E-state index < -0.39 is 9.84 Å². The fourth-order valence-corrected chi connectivity index (χ4v) is 4.08. The summed E-state index contributed by atoms with van der Waals surface area (Å²) in [6.07, 6.45) is 5.32. The van der Waals surface area contributed by atoms with Crippen molar-refractivity contribution in [1.29, 1.82) is 0 Å². The van der Waals surface area contributed by atoms with Crippen LogP contribution in [0.1, 0.15) is 31.7 Å². The van der Waals surface area contributed by atoms with E-state index in [-0.39, 0.29) is 24.0 Å². The highest BCUT2D eigenvalue weighted by atomic mass is 127. The maximum Gasteiger partial charge on any atom is 0.191 e. The van der Waals surface area contributed by atoms with Gasteiger partial charge in [-0.15, -0.1) is 24.0 Å². The minimum Gasteiger partial charge on any atom is -0.385 e. The van der Waals surface area contributed by atoms with Crippen molar-refractivity contribution < 1.29 is 13.2 Å². The second kappa shape index (κ2) is 14.2. The minimum absolute atomic E-state index is 0. The van der Waals surface area contributed by atoms with E-state index in [2.05, 4.69) is 22.5 Å². The smallest absolute Gasteiger partial charge is 0.191 e. The average molecular weight is 553 g/mol. The number of nitrogens with zero attached hydrogens (tertiary/aromatic N) is 2. The first-order valence-corrected chi connectivity index (χ1v) is 12.4. The summed E-state index contributed by atoms with van der Waals surface area (Å²) in [7, 11) is -1.39. The van der Waals surface area contributed by atoms with E-state index >= 15 is 0 Å².